The van der Waals surface area contributed by atoms with Crippen LogP contribution in [0.1, 0.15) is 5.56 Å². The summed E-state index contributed by atoms with van der Waals surface area (Å²) in [6, 6.07) is 21.6. The molecule has 9 nitrogen and oxygen atoms in total. The summed E-state index contributed by atoms with van der Waals surface area (Å²) in [6.07, 6.45) is 1.31. The van der Waals surface area contributed by atoms with Gasteiger partial charge >= 0.3 is 0 Å². The number of nitrogens with one attached hydrogen (secondary N) is 1. The number of rotatable bonds is 8. The minimum Gasteiger partial charge on any atom is -0.272 e. The Bertz CT molecular complexity index is 1400. The first-order valence-corrected chi connectivity index (χ1v) is 12.2. The summed E-state index contributed by atoms with van der Waals surface area (Å²) >= 11 is 10.5. The van der Waals surface area contributed by atoms with E-state index in [0.717, 1.165) is 15.7 Å². The summed E-state index contributed by atoms with van der Waals surface area (Å²) in [7, 11) is 0. The number of carbonyl (C=O) groups excluding carboxylic acids is 1. The maximum absolute atomic E-state index is 12.4. The van der Waals surface area contributed by atoms with Gasteiger partial charge in [-0.3, -0.25) is 19.5 Å². The van der Waals surface area contributed by atoms with E-state index in [9.17, 15) is 14.9 Å². The number of hydrogen-bond donors (Lipinski definition) is 1. The van der Waals surface area contributed by atoms with Crippen LogP contribution in [0.25, 0.3) is 17.1 Å². The molecule has 0 aliphatic heterocycles. The molecule has 35 heavy (non-hydrogen) atoms. The number of nitro benzene ring substituents is 1. The SMILES string of the molecule is O=C(CSc1nnc(-c2ccc(Br)cc2)n1-c1ccccc1)N/N=C/c1ccc(Cl)c([N+](=O)[O-])c1. The Kier molecular flexibility index (Phi) is 7.91. The summed E-state index contributed by atoms with van der Waals surface area (Å²) in [5.74, 6) is 0.306. The standard InChI is InChI=1S/C23H16BrClN6O3S/c24-17-9-7-16(8-10-17)22-28-29-23(30(22)18-4-2-1-3-5-18)35-14-21(32)27-26-13-15-6-11-19(25)20(12-15)31(33)34/h1-13H,14H2,(H,27,32)/b26-13+. The number of benzene rings is 3. The van der Waals surface area contributed by atoms with Crippen LogP contribution in [0, 0.1) is 10.1 Å². The molecule has 3 aromatic carbocycles. The number of nitrogens with zero attached hydrogens (tertiary/aromatic N) is 5. The Morgan fingerprint density at radius 2 is 1.89 bits per heavy atom. The van der Waals surface area contributed by atoms with Crippen molar-refractivity contribution in [3.05, 3.63) is 98.0 Å². The molecule has 1 N–H and O–H groups in total. The first-order valence-electron chi connectivity index (χ1n) is 10.1. The number of para-hydroxylation sites is 1. The number of nitro groups is 1. The molecular weight excluding hydrogens is 556 g/mol. The zero-order valence-corrected chi connectivity index (χ0v) is 21.0. The highest BCUT2D eigenvalue weighted by Crippen LogP contribution is 2.29. The molecule has 1 aromatic heterocycles. The number of hydrogen-bond acceptors (Lipinski definition) is 7. The highest BCUT2D eigenvalue weighted by molar-refractivity contribution is 9.10. The second-order valence-corrected chi connectivity index (χ2v) is 9.30. The van der Waals surface area contributed by atoms with Crippen molar-refractivity contribution in [1.29, 1.82) is 0 Å². The average Bonchev–Trinajstić information content (AvgIpc) is 3.28. The number of thioether (sulfide) groups is 1. The van der Waals surface area contributed by atoms with Gasteiger partial charge in [0.2, 0.25) is 0 Å². The third kappa shape index (κ3) is 6.13. The molecule has 0 fully saturated rings. The molecule has 4 rings (SSSR count). The molecule has 1 heterocycles. The van der Waals surface area contributed by atoms with E-state index in [2.05, 4.69) is 36.7 Å². The van der Waals surface area contributed by atoms with Gasteiger partial charge in [0.1, 0.15) is 5.02 Å². The van der Waals surface area contributed by atoms with Gasteiger partial charge in [-0.2, -0.15) is 5.10 Å². The Balaban J connectivity index is 1.47. The van der Waals surface area contributed by atoms with E-state index in [1.165, 1.54) is 30.1 Å². The second kappa shape index (κ2) is 11.3. The van der Waals surface area contributed by atoms with E-state index in [4.69, 9.17) is 11.6 Å². The molecule has 0 radical (unpaired) electrons. The van der Waals surface area contributed by atoms with Gasteiger partial charge < -0.3 is 0 Å². The van der Waals surface area contributed by atoms with Crippen molar-refractivity contribution in [2.75, 3.05) is 5.75 Å². The quantitative estimate of drug-likeness (QED) is 0.129. The summed E-state index contributed by atoms with van der Waals surface area (Å²) in [5.41, 5.74) is 4.34. The largest absolute Gasteiger partial charge is 0.288 e. The lowest BCUT2D eigenvalue weighted by Gasteiger charge is -2.10. The van der Waals surface area contributed by atoms with Crippen LogP contribution in [0.5, 0.6) is 0 Å². The van der Waals surface area contributed by atoms with Crippen LogP contribution in [0.4, 0.5) is 5.69 Å². The van der Waals surface area contributed by atoms with Gasteiger partial charge in [-0.1, -0.05) is 75.7 Å². The number of amides is 1. The van der Waals surface area contributed by atoms with Gasteiger partial charge in [0.15, 0.2) is 11.0 Å². The molecular formula is C23H16BrClN6O3S. The van der Waals surface area contributed by atoms with Gasteiger partial charge in [-0.15, -0.1) is 10.2 Å². The number of halogens is 2. The first kappa shape index (κ1) is 24.6. The Labute approximate surface area is 217 Å². The maximum Gasteiger partial charge on any atom is 0.288 e. The predicted molar refractivity (Wildman–Crippen MR) is 139 cm³/mol. The molecule has 0 bridgehead atoms. The Hall–Kier alpha value is -3.54. The van der Waals surface area contributed by atoms with Gasteiger partial charge in [0, 0.05) is 27.4 Å². The number of hydrazone groups is 1. The van der Waals surface area contributed by atoms with Crippen molar-refractivity contribution >= 4 is 57.1 Å². The predicted octanol–water partition coefficient (Wildman–Crippen LogP) is 5.50. The van der Waals surface area contributed by atoms with Crippen molar-refractivity contribution in [3.63, 3.8) is 0 Å². The van der Waals surface area contributed by atoms with Crippen molar-refractivity contribution in [2.24, 2.45) is 5.10 Å². The first-order chi connectivity index (χ1) is 16.9. The smallest absolute Gasteiger partial charge is 0.272 e. The molecule has 4 aromatic rings. The highest BCUT2D eigenvalue weighted by Gasteiger charge is 2.17. The van der Waals surface area contributed by atoms with Crippen LogP contribution >= 0.6 is 39.3 Å². The summed E-state index contributed by atoms with van der Waals surface area (Å²) in [4.78, 5) is 22.8. The molecule has 0 aliphatic rings. The van der Waals surface area contributed by atoms with Gasteiger partial charge in [0.25, 0.3) is 11.6 Å². The fraction of sp³-hybridized carbons (Fsp3) is 0.0435. The van der Waals surface area contributed by atoms with Crippen LogP contribution < -0.4 is 5.43 Å². The Morgan fingerprint density at radius 3 is 2.60 bits per heavy atom. The van der Waals surface area contributed by atoms with Crippen molar-refractivity contribution < 1.29 is 9.72 Å². The van der Waals surface area contributed by atoms with Gasteiger partial charge in [-0.25, -0.2) is 5.43 Å². The number of aromatic nitrogens is 3. The zero-order valence-electron chi connectivity index (χ0n) is 17.8. The van der Waals surface area contributed by atoms with Crippen LogP contribution in [0.2, 0.25) is 5.02 Å². The third-order valence-electron chi connectivity index (χ3n) is 4.65. The van der Waals surface area contributed by atoms with E-state index in [1.807, 2.05) is 59.2 Å². The Morgan fingerprint density at radius 1 is 1.14 bits per heavy atom. The topological polar surface area (TPSA) is 115 Å². The average molecular weight is 572 g/mol. The zero-order chi connectivity index (χ0) is 24.8. The minimum atomic E-state index is -0.583. The molecule has 0 spiro atoms. The molecule has 12 heteroatoms. The van der Waals surface area contributed by atoms with Crippen LogP contribution in [-0.4, -0.2) is 37.6 Å². The van der Waals surface area contributed by atoms with Crippen molar-refractivity contribution in [3.8, 4) is 17.1 Å². The van der Waals surface area contributed by atoms with Crippen LogP contribution in [0.3, 0.4) is 0 Å². The van der Waals surface area contributed by atoms with E-state index in [0.29, 0.717) is 16.5 Å². The van der Waals surface area contributed by atoms with Crippen LogP contribution in [-0.2, 0) is 4.79 Å². The normalized spacial score (nSPS) is 11.0. The lowest BCUT2D eigenvalue weighted by Crippen LogP contribution is -2.20. The monoisotopic (exact) mass is 570 g/mol. The highest BCUT2D eigenvalue weighted by atomic mass is 79.9. The van der Waals surface area contributed by atoms with Gasteiger partial charge in [-0.05, 0) is 30.3 Å². The molecule has 0 saturated heterocycles. The minimum absolute atomic E-state index is 0.0256. The molecule has 1 amide bonds. The lowest BCUT2D eigenvalue weighted by molar-refractivity contribution is -0.384. The molecule has 0 aliphatic carbocycles. The second-order valence-electron chi connectivity index (χ2n) is 7.03. The molecule has 176 valence electrons. The fourth-order valence-corrected chi connectivity index (χ4v) is 4.25. The van der Waals surface area contributed by atoms with Gasteiger partial charge in [0.05, 0.1) is 16.9 Å². The molecule has 0 saturated carbocycles. The van der Waals surface area contributed by atoms with E-state index >= 15 is 0 Å². The van der Waals surface area contributed by atoms with Crippen molar-refractivity contribution in [1.82, 2.24) is 20.2 Å². The molecule has 0 atom stereocenters. The third-order valence-corrected chi connectivity index (χ3v) is 6.43. The van der Waals surface area contributed by atoms with E-state index in [1.54, 1.807) is 6.07 Å². The molecule has 0 unspecified atom stereocenters. The number of carbonyl (C=O) groups is 1. The summed E-state index contributed by atoms with van der Waals surface area (Å²) < 4.78 is 2.84. The van der Waals surface area contributed by atoms with E-state index in [-0.39, 0.29) is 22.4 Å². The fourth-order valence-electron chi connectivity index (χ4n) is 3.05. The summed E-state index contributed by atoms with van der Waals surface area (Å²) in [5, 5.41) is 24.1. The van der Waals surface area contributed by atoms with E-state index < -0.39 is 4.92 Å². The maximum atomic E-state index is 12.4. The van der Waals surface area contributed by atoms with Crippen molar-refractivity contribution in [2.45, 2.75) is 5.16 Å². The van der Waals surface area contributed by atoms with Crippen LogP contribution in [0.15, 0.2) is 87.5 Å². The lowest BCUT2D eigenvalue weighted by atomic mass is 10.2. The summed E-state index contributed by atoms with van der Waals surface area (Å²) in [6.45, 7) is 0.